The second-order valence-electron chi connectivity index (χ2n) is 7.20. The summed E-state index contributed by atoms with van der Waals surface area (Å²) >= 11 is 0. The molecule has 2 heterocycles. The fourth-order valence-electron chi connectivity index (χ4n) is 4.01. The van der Waals surface area contributed by atoms with Crippen LogP contribution in [0.2, 0.25) is 0 Å². The van der Waals surface area contributed by atoms with E-state index in [2.05, 4.69) is 63.8 Å². The third kappa shape index (κ3) is 3.39. The molecule has 1 aliphatic carbocycles. The van der Waals surface area contributed by atoms with E-state index in [1.807, 2.05) is 6.92 Å². The average molecular weight is 334 g/mol. The number of aryl methyl sites for hydroxylation is 2. The van der Waals surface area contributed by atoms with Crippen LogP contribution >= 0.6 is 0 Å². The smallest absolute Gasteiger partial charge is 0.234 e. The number of imidazole rings is 1. The standard InChI is InChI=1S/C21H26N4/c1-16-13-17(2)24-14-18(23-21(24)22-16)15-25(19-9-5-3-6-10-19)20-11-7-4-8-12-20/h3,5-6,9-10,13-14,20H,4,7-8,11-12,15H2,1-2H3. The molecule has 4 heteroatoms. The van der Waals surface area contributed by atoms with Crippen molar-refractivity contribution in [1.29, 1.82) is 0 Å². The van der Waals surface area contributed by atoms with Gasteiger partial charge in [0.15, 0.2) is 0 Å². The zero-order valence-corrected chi connectivity index (χ0v) is 15.2. The third-order valence-corrected chi connectivity index (χ3v) is 5.25. The normalized spacial score (nSPS) is 15.6. The lowest BCUT2D eigenvalue weighted by Gasteiger charge is -2.35. The number of para-hydroxylation sites is 1. The summed E-state index contributed by atoms with van der Waals surface area (Å²) in [5.74, 6) is 0.809. The molecule has 0 atom stereocenters. The topological polar surface area (TPSA) is 33.4 Å². The van der Waals surface area contributed by atoms with Crippen molar-refractivity contribution in [1.82, 2.24) is 14.4 Å². The number of aromatic nitrogens is 3. The van der Waals surface area contributed by atoms with Crippen LogP contribution in [-0.2, 0) is 6.54 Å². The maximum Gasteiger partial charge on any atom is 0.234 e. The molecule has 0 amide bonds. The van der Waals surface area contributed by atoms with Crippen molar-refractivity contribution in [2.45, 2.75) is 58.5 Å². The van der Waals surface area contributed by atoms with Gasteiger partial charge in [-0.05, 0) is 44.9 Å². The Kier molecular flexibility index (Phi) is 4.43. The Hall–Kier alpha value is -2.36. The summed E-state index contributed by atoms with van der Waals surface area (Å²) < 4.78 is 2.10. The molecule has 0 bridgehead atoms. The summed E-state index contributed by atoms with van der Waals surface area (Å²) in [7, 11) is 0. The number of anilines is 1. The first-order valence-electron chi connectivity index (χ1n) is 9.34. The van der Waals surface area contributed by atoms with Crippen LogP contribution in [0, 0.1) is 13.8 Å². The van der Waals surface area contributed by atoms with Gasteiger partial charge in [-0.25, -0.2) is 9.97 Å². The van der Waals surface area contributed by atoms with Crippen molar-refractivity contribution in [3.8, 4) is 0 Å². The molecule has 0 saturated heterocycles. The van der Waals surface area contributed by atoms with Crippen LogP contribution in [0.5, 0.6) is 0 Å². The van der Waals surface area contributed by atoms with Gasteiger partial charge in [-0.3, -0.25) is 4.40 Å². The molecule has 1 saturated carbocycles. The molecule has 4 nitrogen and oxygen atoms in total. The van der Waals surface area contributed by atoms with Gasteiger partial charge in [-0.1, -0.05) is 37.5 Å². The van der Waals surface area contributed by atoms with Gasteiger partial charge in [0.05, 0.1) is 12.2 Å². The number of fused-ring (bicyclic) bond motifs is 1. The van der Waals surface area contributed by atoms with Crippen LogP contribution in [-0.4, -0.2) is 20.4 Å². The molecule has 0 spiro atoms. The molecule has 130 valence electrons. The van der Waals surface area contributed by atoms with Crippen LogP contribution in [0.1, 0.15) is 49.2 Å². The highest BCUT2D eigenvalue weighted by Crippen LogP contribution is 2.28. The molecule has 0 N–H and O–H groups in total. The predicted molar refractivity (Wildman–Crippen MR) is 102 cm³/mol. The van der Waals surface area contributed by atoms with E-state index in [1.54, 1.807) is 0 Å². The number of hydrogen-bond donors (Lipinski definition) is 0. The Morgan fingerprint density at radius 3 is 2.56 bits per heavy atom. The van der Waals surface area contributed by atoms with Gasteiger partial charge in [0.1, 0.15) is 0 Å². The van der Waals surface area contributed by atoms with E-state index in [0.717, 1.165) is 23.7 Å². The van der Waals surface area contributed by atoms with Gasteiger partial charge >= 0.3 is 0 Å². The summed E-state index contributed by atoms with van der Waals surface area (Å²) in [6, 6.07) is 13.5. The summed E-state index contributed by atoms with van der Waals surface area (Å²) in [6.07, 6.45) is 8.74. The maximum absolute atomic E-state index is 4.80. The number of hydrogen-bond acceptors (Lipinski definition) is 3. The van der Waals surface area contributed by atoms with E-state index >= 15 is 0 Å². The molecule has 0 aliphatic heterocycles. The lowest BCUT2D eigenvalue weighted by Crippen LogP contribution is -2.36. The molecule has 25 heavy (non-hydrogen) atoms. The van der Waals surface area contributed by atoms with Crippen LogP contribution in [0.3, 0.4) is 0 Å². The molecule has 4 rings (SSSR count). The van der Waals surface area contributed by atoms with Crippen molar-refractivity contribution in [2.24, 2.45) is 0 Å². The van der Waals surface area contributed by atoms with Crippen molar-refractivity contribution >= 4 is 11.5 Å². The minimum absolute atomic E-state index is 0.608. The van der Waals surface area contributed by atoms with Crippen molar-refractivity contribution in [3.05, 3.63) is 59.7 Å². The molecular weight excluding hydrogens is 308 g/mol. The Balaban J connectivity index is 1.67. The van der Waals surface area contributed by atoms with Crippen molar-refractivity contribution in [3.63, 3.8) is 0 Å². The molecule has 1 aliphatic rings. The quantitative estimate of drug-likeness (QED) is 0.694. The highest BCUT2D eigenvalue weighted by atomic mass is 15.2. The van der Waals surface area contributed by atoms with Crippen molar-refractivity contribution < 1.29 is 0 Å². The second-order valence-corrected chi connectivity index (χ2v) is 7.20. The lowest BCUT2D eigenvalue weighted by molar-refractivity contribution is 0.412. The summed E-state index contributed by atoms with van der Waals surface area (Å²) in [4.78, 5) is 11.9. The molecule has 0 radical (unpaired) electrons. The van der Waals surface area contributed by atoms with Gasteiger partial charge in [0.2, 0.25) is 5.78 Å². The SMILES string of the molecule is Cc1cc(C)n2cc(CN(c3ccccc3)C3CCCCC3)nc2n1. The highest BCUT2D eigenvalue weighted by molar-refractivity contribution is 5.48. The van der Waals surface area contributed by atoms with E-state index < -0.39 is 0 Å². The van der Waals surface area contributed by atoms with E-state index in [0.29, 0.717) is 6.04 Å². The largest absolute Gasteiger partial charge is 0.363 e. The second kappa shape index (κ2) is 6.87. The average Bonchev–Trinajstić information content (AvgIpc) is 3.04. The zero-order valence-electron chi connectivity index (χ0n) is 15.2. The van der Waals surface area contributed by atoms with Gasteiger partial charge in [-0.2, -0.15) is 0 Å². The molecule has 1 aromatic carbocycles. The Labute approximate surface area is 149 Å². The zero-order chi connectivity index (χ0) is 17.2. The molecule has 3 aromatic rings. The summed E-state index contributed by atoms with van der Waals surface area (Å²) in [5, 5.41) is 0. The van der Waals surface area contributed by atoms with Gasteiger partial charge in [0, 0.05) is 29.3 Å². The van der Waals surface area contributed by atoms with Crippen LogP contribution < -0.4 is 4.90 Å². The molecule has 1 fully saturated rings. The lowest BCUT2D eigenvalue weighted by atomic mass is 9.93. The third-order valence-electron chi connectivity index (χ3n) is 5.25. The van der Waals surface area contributed by atoms with Crippen molar-refractivity contribution in [2.75, 3.05) is 4.90 Å². The van der Waals surface area contributed by atoms with Gasteiger partial charge in [0.25, 0.3) is 0 Å². The fourth-order valence-corrected chi connectivity index (χ4v) is 4.01. The van der Waals surface area contributed by atoms with E-state index in [-0.39, 0.29) is 0 Å². The highest BCUT2D eigenvalue weighted by Gasteiger charge is 2.22. The first-order chi connectivity index (χ1) is 12.2. The number of rotatable bonds is 4. The van der Waals surface area contributed by atoms with Crippen LogP contribution in [0.4, 0.5) is 5.69 Å². The monoisotopic (exact) mass is 334 g/mol. The molecular formula is C21H26N4. The number of nitrogens with zero attached hydrogens (tertiary/aromatic N) is 4. The predicted octanol–water partition coefficient (Wildman–Crippen LogP) is 4.69. The summed E-state index contributed by atoms with van der Waals surface area (Å²) in [6.45, 7) is 4.99. The first-order valence-corrected chi connectivity index (χ1v) is 9.34. The van der Waals surface area contributed by atoms with E-state index in [4.69, 9.17) is 4.98 Å². The summed E-state index contributed by atoms with van der Waals surface area (Å²) in [5.41, 5.74) is 4.60. The number of benzene rings is 1. The minimum Gasteiger partial charge on any atom is -0.363 e. The first kappa shape index (κ1) is 16.1. The maximum atomic E-state index is 4.80. The van der Waals surface area contributed by atoms with Gasteiger partial charge in [-0.15, -0.1) is 0 Å². The van der Waals surface area contributed by atoms with E-state index in [9.17, 15) is 0 Å². The Bertz CT molecular complexity index is 847. The van der Waals surface area contributed by atoms with Crippen LogP contribution in [0.25, 0.3) is 5.78 Å². The molecule has 0 unspecified atom stereocenters. The molecule has 2 aromatic heterocycles. The fraction of sp³-hybridized carbons (Fsp3) is 0.429. The van der Waals surface area contributed by atoms with Crippen LogP contribution in [0.15, 0.2) is 42.6 Å². The minimum atomic E-state index is 0.608. The Morgan fingerprint density at radius 1 is 1.04 bits per heavy atom. The Morgan fingerprint density at radius 2 is 1.80 bits per heavy atom. The van der Waals surface area contributed by atoms with Gasteiger partial charge < -0.3 is 4.90 Å². The van der Waals surface area contributed by atoms with E-state index in [1.165, 1.54) is 43.5 Å².